The smallest absolute Gasteiger partial charge is 0.123 e. The summed E-state index contributed by atoms with van der Waals surface area (Å²) in [5.41, 5.74) is 1.40. The van der Waals surface area contributed by atoms with Crippen LogP contribution in [-0.2, 0) is 0 Å². The van der Waals surface area contributed by atoms with Crippen molar-refractivity contribution in [1.82, 2.24) is 5.32 Å². The number of ether oxygens (including phenoxy) is 1. The molecule has 2 atom stereocenters. The fraction of sp³-hybridized carbons (Fsp3) is 0.647. The minimum atomic E-state index is 0.244. The SMILES string of the molecule is CC(C)NCC1CCC1c1ccccc1OC(C)C. The molecular weight excluding hydrogens is 234 g/mol. The molecule has 1 aromatic carbocycles. The molecule has 1 aliphatic carbocycles. The number of nitrogens with one attached hydrogen (secondary N) is 1. The van der Waals surface area contributed by atoms with Gasteiger partial charge in [0.2, 0.25) is 0 Å². The molecule has 1 fully saturated rings. The van der Waals surface area contributed by atoms with Gasteiger partial charge in [0.05, 0.1) is 6.10 Å². The fourth-order valence-corrected chi connectivity index (χ4v) is 2.76. The summed E-state index contributed by atoms with van der Waals surface area (Å²) in [7, 11) is 0. The number of para-hydroxylation sites is 1. The Morgan fingerprint density at radius 2 is 1.89 bits per heavy atom. The standard InChI is InChI=1S/C17H27NO/c1-12(2)18-11-14-9-10-15(14)16-7-5-6-8-17(16)19-13(3)4/h5-8,12-15,18H,9-11H2,1-4H3. The van der Waals surface area contributed by atoms with Gasteiger partial charge in [-0.25, -0.2) is 0 Å². The highest BCUT2D eigenvalue weighted by Crippen LogP contribution is 2.45. The lowest BCUT2D eigenvalue weighted by Crippen LogP contribution is -2.36. The molecule has 106 valence electrons. The molecule has 2 heteroatoms. The summed E-state index contributed by atoms with van der Waals surface area (Å²) in [4.78, 5) is 0. The average Bonchev–Trinajstić information content (AvgIpc) is 2.29. The molecule has 0 radical (unpaired) electrons. The molecule has 2 nitrogen and oxygen atoms in total. The zero-order valence-corrected chi connectivity index (χ0v) is 12.6. The molecule has 0 heterocycles. The second-order valence-corrected chi connectivity index (χ2v) is 6.21. The predicted molar refractivity (Wildman–Crippen MR) is 80.8 cm³/mol. The second kappa shape index (κ2) is 6.42. The van der Waals surface area contributed by atoms with Gasteiger partial charge in [-0.3, -0.25) is 0 Å². The Balaban J connectivity index is 2.05. The van der Waals surface area contributed by atoms with Gasteiger partial charge in [-0.05, 0) is 56.7 Å². The van der Waals surface area contributed by atoms with Crippen LogP contribution in [0.4, 0.5) is 0 Å². The van der Waals surface area contributed by atoms with Gasteiger partial charge in [-0.15, -0.1) is 0 Å². The third-order valence-electron chi connectivity index (χ3n) is 3.89. The fourth-order valence-electron chi connectivity index (χ4n) is 2.76. The van der Waals surface area contributed by atoms with Gasteiger partial charge in [-0.1, -0.05) is 32.0 Å². The van der Waals surface area contributed by atoms with Gasteiger partial charge < -0.3 is 10.1 Å². The maximum atomic E-state index is 5.96. The van der Waals surface area contributed by atoms with Crippen molar-refractivity contribution in [3.63, 3.8) is 0 Å². The van der Waals surface area contributed by atoms with E-state index < -0.39 is 0 Å². The number of hydrogen-bond donors (Lipinski definition) is 1. The lowest BCUT2D eigenvalue weighted by molar-refractivity contribution is 0.212. The van der Waals surface area contributed by atoms with E-state index in [0.29, 0.717) is 12.0 Å². The third kappa shape index (κ3) is 3.73. The Labute approximate surface area is 117 Å². The van der Waals surface area contributed by atoms with Crippen LogP contribution in [0.3, 0.4) is 0 Å². The molecule has 0 saturated heterocycles. The maximum absolute atomic E-state index is 5.96. The van der Waals surface area contributed by atoms with Crippen LogP contribution in [-0.4, -0.2) is 18.7 Å². The molecule has 19 heavy (non-hydrogen) atoms. The largest absolute Gasteiger partial charge is 0.491 e. The zero-order valence-electron chi connectivity index (χ0n) is 12.6. The summed E-state index contributed by atoms with van der Waals surface area (Å²) >= 11 is 0. The van der Waals surface area contributed by atoms with Crippen molar-refractivity contribution in [2.24, 2.45) is 5.92 Å². The molecule has 0 amide bonds. The van der Waals surface area contributed by atoms with Crippen molar-refractivity contribution >= 4 is 0 Å². The number of rotatable bonds is 6. The molecule has 0 aromatic heterocycles. The molecule has 1 aromatic rings. The Hall–Kier alpha value is -1.02. The van der Waals surface area contributed by atoms with Crippen molar-refractivity contribution < 1.29 is 4.74 Å². The summed E-state index contributed by atoms with van der Waals surface area (Å²) < 4.78 is 5.96. The first-order valence-corrected chi connectivity index (χ1v) is 7.57. The summed E-state index contributed by atoms with van der Waals surface area (Å²) in [6.45, 7) is 9.73. The first-order valence-electron chi connectivity index (χ1n) is 7.57. The summed E-state index contributed by atoms with van der Waals surface area (Å²) in [5.74, 6) is 2.51. The van der Waals surface area contributed by atoms with E-state index in [1.165, 1.54) is 18.4 Å². The Morgan fingerprint density at radius 3 is 2.47 bits per heavy atom. The molecule has 1 saturated carbocycles. The highest BCUT2D eigenvalue weighted by Gasteiger charge is 2.33. The summed E-state index contributed by atoms with van der Waals surface area (Å²) in [6.07, 6.45) is 2.87. The van der Waals surface area contributed by atoms with Gasteiger partial charge in [0.25, 0.3) is 0 Å². The van der Waals surface area contributed by atoms with E-state index in [1.807, 2.05) is 0 Å². The topological polar surface area (TPSA) is 21.3 Å². The molecule has 1 N–H and O–H groups in total. The van der Waals surface area contributed by atoms with Crippen molar-refractivity contribution in [2.45, 2.75) is 58.6 Å². The van der Waals surface area contributed by atoms with Crippen molar-refractivity contribution in [2.75, 3.05) is 6.54 Å². The monoisotopic (exact) mass is 261 g/mol. The summed E-state index contributed by atoms with van der Waals surface area (Å²) in [5, 5.41) is 3.57. The average molecular weight is 261 g/mol. The predicted octanol–water partition coefficient (Wildman–Crippen LogP) is 3.97. The quantitative estimate of drug-likeness (QED) is 0.836. The van der Waals surface area contributed by atoms with Gasteiger partial charge in [0, 0.05) is 6.04 Å². The molecule has 0 spiro atoms. The normalized spacial score (nSPS) is 22.6. The van der Waals surface area contributed by atoms with E-state index in [9.17, 15) is 0 Å². The lowest BCUT2D eigenvalue weighted by Gasteiger charge is -2.38. The van der Waals surface area contributed by atoms with E-state index in [-0.39, 0.29) is 6.10 Å². The third-order valence-corrected chi connectivity index (χ3v) is 3.89. The molecule has 2 unspecified atom stereocenters. The van der Waals surface area contributed by atoms with Crippen LogP contribution in [0.1, 0.15) is 52.0 Å². The van der Waals surface area contributed by atoms with Gasteiger partial charge in [-0.2, -0.15) is 0 Å². The van der Waals surface area contributed by atoms with Crippen LogP contribution in [0.15, 0.2) is 24.3 Å². The minimum absolute atomic E-state index is 0.244. The van der Waals surface area contributed by atoms with Crippen LogP contribution in [0, 0.1) is 5.92 Å². The highest BCUT2D eigenvalue weighted by atomic mass is 16.5. The van der Waals surface area contributed by atoms with Crippen LogP contribution in [0.5, 0.6) is 5.75 Å². The van der Waals surface area contributed by atoms with E-state index in [4.69, 9.17) is 4.74 Å². The zero-order chi connectivity index (χ0) is 13.8. The molecule has 2 rings (SSSR count). The van der Waals surface area contributed by atoms with Crippen LogP contribution in [0.25, 0.3) is 0 Å². The first kappa shape index (κ1) is 14.4. The number of hydrogen-bond acceptors (Lipinski definition) is 2. The van der Waals surface area contributed by atoms with Crippen molar-refractivity contribution in [3.05, 3.63) is 29.8 Å². The molecule has 0 bridgehead atoms. The molecular formula is C17H27NO. The van der Waals surface area contributed by atoms with Gasteiger partial charge in [0.1, 0.15) is 5.75 Å². The van der Waals surface area contributed by atoms with Crippen molar-refractivity contribution in [3.8, 4) is 5.75 Å². The lowest BCUT2D eigenvalue weighted by atomic mass is 9.69. The Kier molecular flexibility index (Phi) is 4.87. The minimum Gasteiger partial charge on any atom is -0.491 e. The maximum Gasteiger partial charge on any atom is 0.123 e. The Morgan fingerprint density at radius 1 is 1.16 bits per heavy atom. The van der Waals surface area contributed by atoms with E-state index >= 15 is 0 Å². The molecule has 1 aliphatic rings. The second-order valence-electron chi connectivity index (χ2n) is 6.21. The summed E-state index contributed by atoms with van der Waals surface area (Å²) in [6, 6.07) is 9.13. The van der Waals surface area contributed by atoms with Crippen molar-refractivity contribution in [1.29, 1.82) is 0 Å². The Bertz CT molecular complexity index is 400. The van der Waals surface area contributed by atoms with E-state index in [1.54, 1.807) is 0 Å². The van der Waals surface area contributed by atoms with Crippen LogP contribution in [0.2, 0.25) is 0 Å². The van der Waals surface area contributed by atoms with Gasteiger partial charge in [0.15, 0.2) is 0 Å². The van der Waals surface area contributed by atoms with Crippen LogP contribution < -0.4 is 10.1 Å². The van der Waals surface area contributed by atoms with E-state index in [2.05, 4.69) is 57.3 Å². The van der Waals surface area contributed by atoms with E-state index in [0.717, 1.165) is 18.2 Å². The first-order chi connectivity index (χ1) is 9.08. The number of benzene rings is 1. The van der Waals surface area contributed by atoms with Crippen LogP contribution >= 0.6 is 0 Å². The highest BCUT2D eigenvalue weighted by molar-refractivity contribution is 5.38. The molecule has 0 aliphatic heterocycles. The van der Waals surface area contributed by atoms with Gasteiger partial charge >= 0.3 is 0 Å².